The third-order valence-corrected chi connectivity index (χ3v) is 2.28. The van der Waals surface area contributed by atoms with E-state index in [-0.39, 0.29) is 11.8 Å². The molecule has 1 aliphatic rings. The highest BCUT2D eigenvalue weighted by atomic mass is 16.1. The number of carbonyl (C=O) groups excluding carboxylic acids is 1. The van der Waals surface area contributed by atoms with E-state index in [2.05, 4.69) is 13.8 Å². The molecule has 1 saturated carbocycles. The van der Waals surface area contributed by atoms with Crippen molar-refractivity contribution in [2.45, 2.75) is 33.1 Å². The molecule has 64 valence electrons. The third kappa shape index (κ3) is 2.52. The second kappa shape index (κ2) is 3.24. The number of amides is 1. The lowest BCUT2D eigenvalue weighted by atomic mass is 9.92. The molecule has 0 aromatic heterocycles. The van der Waals surface area contributed by atoms with Crippen LogP contribution in [-0.2, 0) is 4.79 Å². The molecule has 1 atom stereocenters. The minimum atomic E-state index is -0.0961. The number of rotatable bonds is 4. The average Bonchev–Trinajstić information content (AvgIpc) is 2.63. The maximum atomic E-state index is 10.9. The Morgan fingerprint density at radius 1 is 1.55 bits per heavy atom. The Morgan fingerprint density at radius 2 is 2.09 bits per heavy atom. The summed E-state index contributed by atoms with van der Waals surface area (Å²) in [6.07, 6.45) is 3.39. The highest BCUT2D eigenvalue weighted by molar-refractivity contribution is 5.77. The lowest BCUT2D eigenvalue weighted by Crippen LogP contribution is -2.26. The summed E-state index contributed by atoms with van der Waals surface area (Å²) in [5.74, 6) is 1.28. The molecule has 2 N–H and O–H groups in total. The average molecular weight is 155 g/mol. The second-order valence-electron chi connectivity index (χ2n) is 3.98. The molecule has 0 unspecified atom stereocenters. The Bertz CT molecular complexity index is 150. The van der Waals surface area contributed by atoms with Gasteiger partial charge >= 0.3 is 0 Å². The van der Waals surface area contributed by atoms with Gasteiger partial charge in [0.05, 0.1) is 0 Å². The van der Waals surface area contributed by atoms with Gasteiger partial charge < -0.3 is 5.73 Å². The number of primary amides is 1. The summed E-state index contributed by atoms with van der Waals surface area (Å²) >= 11 is 0. The van der Waals surface area contributed by atoms with Gasteiger partial charge in [-0.2, -0.15) is 0 Å². The summed E-state index contributed by atoms with van der Waals surface area (Å²) in [7, 11) is 0. The van der Waals surface area contributed by atoms with Crippen LogP contribution < -0.4 is 5.73 Å². The summed E-state index contributed by atoms with van der Waals surface area (Å²) in [5, 5.41) is 0. The molecular formula is C9H17NO. The van der Waals surface area contributed by atoms with Gasteiger partial charge in [0.1, 0.15) is 0 Å². The number of hydrogen-bond donors (Lipinski definition) is 1. The molecule has 0 radical (unpaired) electrons. The Morgan fingerprint density at radius 3 is 2.36 bits per heavy atom. The van der Waals surface area contributed by atoms with E-state index in [1.54, 1.807) is 0 Å². The molecule has 0 saturated heterocycles. The highest BCUT2D eigenvalue weighted by Crippen LogP contribution is 2.39. The van der Waals surface area contributed by atoms with Crippen LogP contribution >= 0.6 is 0 Å². The van der Waals surface area contributed by atoms with Crippen LogP contribution in [0.2, 0.25) is 0 Å². The summed E-state index contributed by atoms with van der Waals surface area (Å²) < 4.78 is 0. The van der Waals surface area contributed by atoms with E-state index in [0.29, 0.717) is 11.8 Å². The minimum Gasteiger partial charge on any atom is -0.369 e. The molecule has 0 heterocycles. The SMILES string of the molecule is CC(C)C[C@H](C(N)=O)C1CC1. The molecule has 0 aromatic rings. The van der Waals surface area contributed by atoms with Crippen molar-refractivity contribution >= 4 is 5.91 Å². The summed E-state index contributed by atoms with van der Waals surface area (Å²) in [4.78, 5) is 10.9. The predicted molar refractivity (Wildman–Crippen MR) is 44.9 cm³/mol. The van der Waals surface area contributed by atoms with Gasteiger partial charge in [-0.15, -0.1) is 0 Å². The van der Waals surface area contributed by atoms with Crippen molar-refractivity contribution in [1.29, 1.82) is 0 Å². The molecule has 2 nitrogen and oxygen atoms in total. The lowest BCUT2D eigenvalue weighted by molar-refractivity contribution is -0.122. The standard InChI is InChI=1S/C9H17NO/c1-6(2)5-8(9(10)11)7-3-4-7/h6-8H,3-5H2,1-2H3,(H2,10,11)/t8-/m0/s1. The first kappa shape index (κ1) is 8.57. The summed E-state index contributed by atoms with van der Waals surface area (Å²) in [6.45, 7) is 4.27. The van der Waals surface area contributed by atoms with Crippen LogP contribution in [0, 0.1) is 17.8 Å². The monoisotopic (exact) mass is 155 g/mol. The quantitative estimate of drug-likeness (QED) is 0.657. The van der Waals surface area contributed by atoms with Crippen molar-refractivity contribution in [3.8, 4) is 0 Å². The minimum absolute atomic E-state index is 0.0961. The first-order chi connectivity index (χ1) is 5.11. The molecule has 0 aromatic carbocycles. The molecule has 1 fully saturated rings. The first-order valence-electron chi connectivity index (χ1n) is 4.40. The summed E-state index contributed by atoms with van der Waals surface area (Å²) in [5.41, 5.74) is 5.29. The summed E-state index contributed by atoms with van der Waals surface area (Å²) in [6, 6.07) is 0. The number of hydrogen-bond acceptors (Lipinski definition) is 1. The second-order valence-corrected chi connectivity index (χ2v) is 3.98. The van der Waals surface area contributed by atoms with Crippen LogP contribution in [0.3, 0.4) is 0 Å². The Kier molecular flexibility index (Phi) is 2.53. The van der Waals surface area contributed by atoms with Crippen molar-refractivity contribution in [2.24, 2.45) is 23.5 Å². The van der Waals surface area contributed by atoms with Gasteiger partial charge in [-0.3, -0.25) is 4.79 Å². The maximum Gasteiger partial charge on any atom is 0.220 e. The fourth-order valence-corrected chi connectivity index (χ4v) is 1.55. The molecule has 1 amide bonds. The highest BCUT2D eigenvalue weighted by Gasteiger charge is 2.34. The van der Waals surface area contributed by atoms with Crippen LogP contribution in [0.25, 0.3) is 0 Å². The fourth-order valence-electron chi connectivity index (χ4n) is 1.55. The zero-order valence-corrected chi connectivity index (χ0v) is 7.34. The van der Waals surface area contributed by atoms with Crippen molar-refractivity contribution in [3.05, 3.63) is 0 Å². The van der Waals surface area contributed by atoms with Gasteiger partial charge in [-0.1, -0.05) is 13.8 Å². The largest absolute Gasteiger partial charge is 0.369 e. The number of nitrogens with two attached hydrogens (primary N) is 1. The smallest absolute Gasteiger partial charge is 0.220 e. The van der Waals surface area contributed by atoms with Crippen LogP contribution in [0.5, 0.6) is 0 Å². The van der Waals surface area contributed by atoms with E-state index in [0.717, 1.165) is 6.42 Å². The van der Waals surface area contributed by atoms with Crippen molar-refractivity contribution in [3.63, 3.8) is 0 Å². The molecule has 0 bridgehead atoms. The first-order valence-corrected chi connectivity index (χ1v) is 4.40. The van der Waals surface area contributed by atoms with Gasteiger partial charge in [0.25, 0.3) is 0 Å². The van der Waals surface area contributed by atoms with Gasteiger partial charge in [0.15, 0.2) is 0 Å². The number of carbonyl (C=O) groups is 1. The Hall–Kier alpha value is -0.530. The topological polar surface area (TPSA) is 43.1 Å². The van der Waals surface area contributed by atoms with Gasteiger partial charge in [-0.25, -0.2) is 0 Å². The molecule has 0 spiro atoms. The van der Waals surface area contributed by atoms with Gasteiger partial charge in [0.2, 0.25) is 5.91 Å². The van der Waals surface area contributed by atoms with Gasteiger partial charge in [-0.05, 0) is 31.1 Å². The van der Waals surface area contributed by atoms with E-state index in [4.69, 9.17) is 5.73 Å². The predicted octanol–water partition coefficient (Wildman–Crippen LogP) is 1.54. The normalized spacial score (nSPS) is 20.3. The maximum absolute atomic E-state index is 10.9. The fraction of sp³-hybridized carbons (Fsp3) is 0.889. The van der Waals surface area contributed by atoms with Crippen molar-refractivity contribution in [2.75, 3.05) is 0 Å². The molecule has 1 rings (SSSR count). The molecular weight excluding hydrogens is 138 g/mol. The molecule has 2 heteroatoms. The van der Waals surface area contributed by atoms with Gasteiger partial charge in [0, 0.05) is 5.92 Å². The van der Waals surface area contributed by atoms with Crippen molar-refractivity contribution in [1.82, 2.24) is 0 Å². The molecule has 1 aliphatic carbocycles. The Balaban J connectivity index is 2.38. The van der Waals surface area contributed by atoms with Crippen LogP contribution in [0.1, 0.15) is 33.1 Å². The third-order valence-electron chi connectivity index (χ3n) is 2.28. The van der Waals surface area contributed by atoms with Crippen LogP contribution in [0.4, 0.5) is 0 Å². The Labute approximate surface area is 68.2 Å². The van der Waals surface area contributed by atoms with E-state index in [1.807, 2.05) is 0 Å². The zero-order valence-electron chi connectivity index (χ0n) is 7.34. The van der Waals surface area contributed by atoms with Crippen LogP contribution in [0.15, 0.2) is 0 Å². The van der Waals surface area contributed by atoms with E-state index < -0.39 is 0 Å². The lowest BCUT2D eigenvalue weighted by Gasteiger charge is -2.13. The molecule has 11 heavy (non-hydrogen) atoms. The van der Waals surface area contributed by atoms with Crippen LogP contribution in [-0.4, -0.2) is 5.91 Å². The zero-order chi connectivity index (χ0) is 8.43. The van der Waals surface area contributed by atoms with Crippen molar-refractivity contribution < 1.29 is 4.79 Å². The molecule has 0 aliphatic heterocycles. The van der Waals surface area contributed by atoms with E-state index in [1.165, 1.54) is 12.8 Å². The van der Waals surface area contributed by atoms with E-state index >= 15 is 0 Å². The van der Waals surface area contributed by atoms with E-state index in [9.17, 15) is 4.79 Å².